The molecular weight excluding hydrogens is 356 g/mol. The largest absolute Gasteiger partial charge is 0.550 e. The molecule has 6 nitrogen and oxygen atoms in total. The van der Waals surface area contributed by atoms with Crippen LogP contribution >= 0.6 is 0 Å². The zero-order valence-corrected chi connectivity index (χ0v) is 15.5. The van der Waals surface area contributed by atoms with Crippen molar-refractivity contribution in [2.45, 2.75) is 19.8 Å². The van der Waals surface area contributed by atoms with Crippen molar-refractivity contribution in [1.29, 1.82) is 0 Å². The SMILES string of the molecule is Cc1cc(NC(=O)[C@@H]2CC=CC[C@H]2C(=O)[O-])ccc1NC(=O)c1ccccc1. The number of rotatable bonds is 5. The molecule has 0 saturated carbocycles. The molecule has 28 heavy (non-hydrogen) atoms. The van der Waals surface area contributed by atoms with Gasteiger partial charge in [-0.1, -0.05) is 30.4 Å². The molecule has 0 aliphatic heterocycles. The van der Waals surface area contributed by atoms with E-state index in [0.717, 1.165) is 5.56 Å². The molecule has 0 unspecified atom stereocenters. The molecule has 0 bridgehead atoms. The lowest BCUT2D eigenvalue weighted by Crippen LogP contribution is -2.41. The second kappa shape index (κ2) is 8.52. The summed E-state index contributed by atoms with van der Waals surface area (Å²) < 4.78 is 0. The van der Waals surface area contributed by atoms with Crippen LogP contribution in [0.2, 0.25) is 0 Å². The summed E-state index contributed by atoms with van der Waals surface area (Å²) in [6.45, 7) is 1.82. The minimum atomic E-state index is -1.21. The molecule has 0 saturated heterocycles. The highest BCUT2D eigenvalue weighted by atomic mass is 16.4. The molecule has 2 amide bonds. The van der Waals surface area contributed by atoms with E-state index in [1.165, 1.54) is 0 Å². The lowest BCUT2D eigenvalue weighted by molar-refractivity contribution is -0.313. The smallest absolute Gasteiger partial charge is 0.255 e. The fourth-order valence-electron chi connectivity index (χ4n) is 3.27. The number of carboxylic acid groups (broad SMARTS) is 1. The van der Waals surface area contributed by atoms with E-state index in [1.807, 2.05) is 19.1 Å². The van der Waals surface area contributed by atoms with Gasteiger partial charge in [0.1, 0.15) is 0 Å². The maximum atomic E-state index is 12.5. The summed E-state index contributed by atoms with van der Waals surface area (Å²) in [6.07, 6.45) is 4.24. The number of carbonyl (C=O) groups is 3. The number of aryl methyl sites for hydroxylation is 1. The number of hydrogen-bond donors (Lipinski definition) is 2. The first-order valence-electron chi connectivity index (χ1n) is 9.09. The molecule has 0 fully saturated rings. The van der Waals surface area contributed by atoms with Gasteiger partial charge in [0, 0.05) is 28.8 Å². The molecule has 2 aromatic carbocycles. The third kappa shape index (κ3) is 4.46. The van der Waals surface area contributed by atoms with Crippen molar-refractivity contribution in [3.8, 4) is 0 Å². The van der Waals surface area contributed by atoms with Crippen LogP contribution in [0.25, 0.3) is 0 Å². The van der Waals surface area contributed by atoms with Crippen LogP contribution in [0.3, 0.4) is 0 Å². The summed E-state index contributed by atoms with van der Waals surface area (Å²) in [7, 11) is 0. The number of anilines is 2. The summed E-state index contributed by atoms with van der Waals surface area (Å²) in [5, 5.41) is 16.9. The number of benzene rings is 2. The molecule has 0 aromatic heterocycles. The predicted octanol–water partition coefficient (Wildman–Crippen LogP) is 2.52. The van der Waals surface area contributed by atoms with Gasteiger partial charge in [-0.25, -0.2) is 0 Å². The summed E-state index contributed by atoms with van der Waals surface area (Å²) in [5.74, 6) is -3.26. The zero-order chi connectivity index (χ0) is 20.1. The number of amides is 2. The normalized spacial score (nSPS) is 18.3. The van der Waals surface area contributed by atoms with E-state index >= 15 is 0 Å². The maximum Gasteiger partial charge on any atom is 0.255 e. The second-order valence-corrected chi connectivity index (χ2v) is 6.81. The molecule has 2 N–H and O–H groups in total. The van der Waals surface area contributed by atoms with Crippen molar-refractivity contribution >= 4 is 29.2 Å². The Morgan fingerprint density at radius 2 is 1.61 bits per heavy atom. The highest BCUT2D eigenvalue weighted by Crippen LogP contribution is 2.27. The molecule has 1 aliphatic carbocycles. The number of hydrogen-bond acceptors (Lipinski definition) is 4. The predicted molar refractivity (Wildman–Crippen MR) is 105 cm³/mol. The third-order valence-electron chi connectivity index (χ3n) is 4.85. The van der Waals surface area contributed by atoms with Gasteiger partial charge in [0.25, 0.3) is 5.91 Å². The van der Waals surface area contributed by atoms with Crippen LogP contribution in [0.15, 0.2) is 60.7 Å². The minimum absolute atomic E-state index is 0.216. The van der Waals surface area contributed by atoms with E-state index in [4.69, 9.17) is 0 Å². The molecule has 0 radical (unpaired) electrons. The van der Waals surface area contributed by atoms with Crippen LogP contribution in [0.5, 0.6) is 0 Å². The fourth-order valence-corrected chi connectivity index (χ4v) is 3.27. The van der Waals surface area contributed by atoms with Crippen LogP contribution in [0.4, 0.5) is 11.4 Å². The van der Waals surface area contributed by atoms with Crippen molar-refractivity contribution < 1.29 is 19.5 Å². The number of allylic oxidation sites excluding steroid dienone is 2. The molecule has 1 aliphatic rings. The van der Waals surface area contributed by atoms with Gasteiger partial charge >= 0.3 is 0 Å². The van der Waals surface area contributed by atoms with E-state index in [9.17, 15) is 19.5 Å². The van der Waals surface area contributed by atoms with Crippen LogP contribution in [-0.2, 0) is 9.59 Å². The van der Waals surface area contributed by atoms with Crippen LogP contribution in [0, 0.1) is 18.8 Å². The lowest BCUT2D eigenvalue weighted by Gasteiger charge is -2.28. The summed E-state index contributed by atoms with van der Waals surface area (Å²) >= 11 is 0. The van der Waals surface area contributed by atoms with E-state index in [-0.39, 0.29) is 11.8 Å². The topological polar surface area (TPSA) is 98.3 Å². The Hall–Kier alpha value is -3.41. The Bertz CT molecular complexity index is 921. The number of nitrogens with one attached hydrogen (secondary N) is 2. The first-order chi connectivity index (χ1) is 13.5. The van der Waals surface area contributed by atoms with Crippen LogP contribution in [0.1, 0.15) is 28.8 Å². The average Bonchev–Trinajstić information content (AvgIpc) is 2.70. The van der Waals surface area contributed by atoms with Crippen molar-refractivity contribution in [3.63, 3.8) is 0 Å². The molecule has 0 heterocycles. The van der Waals surface area contributed by atoms with Gasteiger partial charge in [-0.15, -0.1) is 0 Å². The minimum Gasteiger partial charge on any atom is -0.550 e. The van der Waals surface area contributed by atoms with E-state index in [1.54, 1.807) is 48.5 Å². The highest BCUT2D eigenvalue weighted by Gasteiger charge is 2.29. The summed E-state index contributed by atoms with van der Waals surface area (Å²) in [6, 6.07) is 14.0. The van der Waals surface area contributed by atoms with Gasteiger partial charge < -0.3 is 20.5 Å². The Morgan fingerprint density at radius 3 is 2.25 bits per heavy atom. The first kappa shape index (κ1) is 19.4. The summed E-state index contributed by atoms with van der Waals surface area (Å²) in [4.78, 5) is 36.1. The highest BCUT2D eigenvalue weighted by molar-refractivity contribution is 6.05. The summed E-state index contributed by atoms with van der Waals surface area (Å²) in [5.41, 5.74) is 2.52. The molecule has 2 aromatic rings. The Morgan fingerprint density at radius 1 is 0.929 bits per heavy atom. The van der Waals surface area contributed by atoms with Crippen molar-refractivity contribution in [3.05, 3.63) is 71.8 Å². The average molecular weight is 377 g/mol. The van der Waals surface area contributed by atoms with E-state index in [2.05, 4.69) is 10.6 Å². The molecule has 144 valence electrons. The fraction of sp³-hybridized carbons (Fsp3) is 0.227. The van der Waals surface area contributed by atoms with Crippen molar-refractivity contribution in [1.82, 2.24) is 0 Å². The quantitative estimate of drug-likeness (QED) is 0.782. The number of aliphatic carboxylic acids is 1. The van der Waals surface area contributed by atoms with E-state index in [0.29, 0.717) is 29.8 Å². The molecule has 6 heteroatoms. The second-order valence-electron chi connectivity index (χ2n) is 6.81. The third-order valence-corrected chi connectivity index (χ3v) is 4.85. The van der Waals surface area contributed by atoms with Gasteiger partial charge in [0.15, 0.2) is 0 Å². The van der Waals surface area contributed by atoms with E-state index < -0.39 is 17.8 Å². The molecule has 3 rings (SSSR count). The zero-order valence-electron chi connectivity index (χ0n) is 15.5. The molecular formula is C22H21N2O4-. The lowest BCUT2D eigenvalue weighted by atomic mass is 9.82. The Labute approximate surface area is 163 Å². The monoisotopic (exact) mass is 377 g/mol. The van der Waals surface area contributed by atoms with Gasteiger partial charge in [0.2, 0.25) is 5.91 Å². The number of carbonyl (C=O) groups excluding carboxylic acids is 3. The van der Waals surface area contributed by atoms with Gasteiger partial charge in [-0.3, -0.25) is 9.59 Å². The van der Waals surface area contributed by atoms with Crippen molar-refractivity contribution in [2.75, 3.05) is 10.6 Å². The van der Waals surface area contributed by atoms with Crippen LogP contribution < -0.4 is 15.7 Å². The Kier molecular flexibility index (Phi) is 5.89. The molecule has 2 atom stereocenters. The number of carboxylic acids is 1. The van der Waals surface area contributed by atoms with Gasteiger partial charge in [-0.05, 0) is 55.7 Å². The van der Waals surface area contributed by atoms with Crippen LogP contribution in [-0.4, -0.2) is 17.8 Å². The Balaban J connectivity index is 1.68. The van der Waals surface area contributed by atoms with Crippen molar-refractivity contribution in [2.24, 2.45) is 11.8 Å². The van der Waals surface area contributed by atoms with Gasteiger partial charge in [-0.2, -0.15) is 0 Å². The molecule has 0 spiro atoms. The van der Waals surface area contributed by atoms with Gasteiger partial charge in [0.05, 0.1) is 5.92 Å². The maximum absolute atomic E-state index is 12.5. The first-order valence-corrected chi connectivity index (χ1v) is 9.09. The standard InChI is InChI=1S/C22H22N2O4/c1-14-13-16(23-21(26)17-9-5-6-10-18(17)22(27)28)11-12-19(14)24-20(25)15-7-3-2-4-8-15/h2-8,11-13,17-18H,9-10H2,1H3,(H,23,26)(H,24,25)(H,27,28)/p-1/t17-,18-/m1/s1.